The van der Waals surface area contributed by atoms with Gasteiger partial charge in [-0.2, -0.15) is 11.8 Å². The molecular formula is C16H20ClN5S. The quantitative estimate of drug-likeness (QED) is 0.807. The van der Waals surface area contributed by atoms with E-state index in [2.05, 4.69) is 49.8 Å². The number of thioether (sulfide) groups is 1. The third-order valence-corrected chi connectivity index (χ3v) is 5.05. The van der Waals surface area contributed by atoms with Crippen molar-refractivity contribution in [3.63, 3.8) is 0 Å². The Labute approximate surface area is 145 Å². The summed E-state index contributed by atoms with van der Waals surface area (Å²) < 4.78 is 0. The Morgan fingerprint density at radius 1 is 1.17 bits per heavy atom. The number of nitrogens with one attached hydrogen (secondary N) is 2. The maximum atomic E-state index is 6.06. The maximum Gasteiger partial charge on any atom is 0.157 e. The van der Waals surface area contributed by atoms with Crippen LogP contribution in [0.1, 0.15) is 5.56 Å². The van der Waals surface area contributed by atoms with Gasteiger partial charge in [-0.15, -0.1) is 0 Å². The van der Waals surface area contributed by atoms with Crippen LogP contribution in [0.15, 0.2) is 30.6 Å². The van der Waals surface area contributed by atoms with Crippen molar-refractivity contribution in [2.75, 3.05) is 47.2 Å². The lowest BCUT2D eigenvalue weighted by atomic mass is 10.2. The lowest BCUT2D eigenvalue weighted by molar-refractivity contribution is 0.858. The molecule has 1 aromatic carbocycles. The zero-order valence-electron chi connectivity index (χ0n) is 13.1. The van der Waals surface area contributed by atoms with Crippen molar-refractivity contribution in [2.24, 2.45) is 0 Å². The van der Waals surface area contributed by atoms with Gasteiger partial charge in [-0.1, -0.05) is 23.7 Å². The van der Waals surface area contributed by atoms with Gasteiger partial charge < -0.3 is 15.5 Å². The molecule has 23 heavy (non-hydrogen) atoms. The molecule has 1 aromatic heterocycles. The number of anilines is 3. The summed E-state index contributed by atoms with van der Waals surface area (Å²) in [4.78, 5) is 10.7. The molecule has 2 N–H and O–H groups in total. The Morgan fingerprint density at radius 2 is 1.91 bits per heavy atom. The molecule has 0 atom stereocenters. The minimum Gasteiger partial charge on any atom is -0.383 e. The van der Waals surface area contributed by atoms with E-state index in [1.165, 1.54) is 29.1 Å². The fourth-order valence-electron chi connectivity index (χ4n) is 2.55. The third-order valence-electron chi connectivity index (χ3n) is 3.82. The average Bonchev–Trinajstić information content (AvgIpc) is 2.61. The van der Waals surface area contributed by atoms with E-state index in [-0.39, 0.29) is 0 Å². The second-order valence-electron chi connectivity index (χ2n) is 5.26. The van der Waals surface area contributed by atoms with Crippen molar-refractivity contribution >= 4 is 40.6 Å². The van der Waals surface area contributed by atoms with Gasteiger partial charge in [-0.3, -0.25) is 0 Å². The fraction of sp³-hybridized carbons (Fsp3) is 0.375. The molecule has 1 aliphatic heterocycles. The van der Waals surface area contributed by atoms with E-state index in [4.69, 9.17) is 11.6 Å². The molecule has 3 rings (SSSR count). The Balaban J connectivity index is 1.64. The number of nitrogens with zero attached hydrogens (tertiary/aromatic N) is 3. The summed E-state index contributed by atoms with van der Waals surface area (Å²) in [6, 6.07) is 8.70. The van der Waals surface area contributed by atoms with E-state index in [1.807, 2.05) is 11.8 Å². The minimum atomic E-state index is 0.420. The van der Waals surface area contributed by atoms with Gasteiger partial charge >= 0.3 is 0 Å². The predicted molar refractivity (Wildman–Crippen MR) is 99.9 cm³/mol. The zero-order chi connectivity index (χ0) is 16.1. The first kappa shape index (κ1) is 16.2. The van der Waals surface area contributed by atoms with Crippen LogP contribution in [0.4, 0.5) is 17.2 Å². The molecule has 5 nitrogen and oxygen atoms in total. The highest BCUT2D eigenvalue weighted by Gasteiger charge is 2.11. The minimum absolute atomic E-state index is 0.420. The monoisotopic (exact) mass is 349 g/mol. The lowest BCUT2D eigenvalue weighted by Crippen LogP contribution is -2.32. The molecular weight excluding hydrogens is 330 g/mol. The number of halogens is 1. The van der Waals surface area contributed by atoms with Crippen LogP contribution in [-0.4, -0.2) is 41.6 Å². The van der Waals surface area contributed by atoms with Crippen molar-refractivity contribution in [1.82, 2.24) is 9.97 Å². The number of hydrogen-bond acceptors (Lipinski definition) is 6. The molecule has 2 aromatic rings. The van der Waals surface area contributed by atoms with Gasteiger partial charge in [-0.05, 0) is 17.7 Å². The number of benzene rings is 1. The topological polar surface area (TPSA) is 53.1 Å². The van der Waals surface area contributed by atoms with Crippen molar-refractivity contribution in [1.29, 1.82) is 0 Å². The van der Waals surface area contributed by atoms with Gasteiger partial charge in [0.25, 0.3) is 0 Å². The van der Waals surface area contributed by atoms with E-state index in [9.17, 15) is 0 Å². The van der Waals surface area contributed by atoms with Crippen LogP contribution in [0.2, 0.25) is 5.15 Å². The molecule has 1 saturated heterocycles. The second kappa shape index (κ2) is 7.75. The Morgan fingerprint density at radius 3 is 2.61 bits per heavy atom. The highest BCUT2D eigenvalue weighted by molar-refractivity contribution is 7.99. The van der Waals surface area contributed by atoms with Crippen LogP contribution < -0.4 is 15.5 Å². The number of rotatable bonds is 5. The van der Waals surface area contributed by atoms with Crippen LogP contribution in [-0.2, 0) is 6.54 Å². The predicted octanol–water partition coefficient (Wildman–Crippen LogP) is 3.34. The van der Waals surface area contributed by atoms with E-state index in [0.29, 0.717) is 17.5 Å². The maximum absolute atomic E-state index is 6.06. The summed E-state index contributed by atoms with van der Waals surface area (Å²) in [5, 5.41) is 6.75. The summed E-state index contributed by atoms with van der Waals surface area (Å²) in [5.41, 5.74) is 3.23. The Bertz CT molecular complexity index is 643. The standard InChI is InChI=1S/C16H20ClN5S/c1-18-14-15(17)20-11-21-16(14)19-10-12-2-4-13(5-3-12)22-6-8-23-9-7-22/h2-5,11,18H,6-10H2,1H3,(H,19,20,21). The van der Waals surface area contributed by atoms with E-state index in [1.54, 1.807) is 7.05 Å². The first-order valence-corrected chi connectivity index (χ1v) is 9.15. The smallest absolute Gasteiger partial charge is 0.157 e. The van der Waals surface area contributed by atoms with Gasteiger partial charge in [0.05, 0.1) is 0 Å². The molecule has 2 heterocycles. The highest BCUT2D eigenvalue weighted by atomic mass is 35.5. The molecule has 1 fully saturated rings. The normalized spacial score (nSPS) is 14.6. The molecule has 0 radical (unpaired) electrons. The summed E-state index contributed by atoms with van der Waals surface area (Å²) in [6.07, 6.45) is 1.46. The van der Waals surface area contributed by atoms with Gasteiger partial charge in [-0.25, -0.2) is 9.97 Å². The Kier molecular flexibility index (Phi) is 5.46. The van der Waals surface area contributed by atoms with Gasteiger partial charge in [0.15, 0.2) is 11.0 Å². The van der Waals surface area contributed by atoms with Crippen LogP contribution in [0.3, 0.4) is 0 Å². The Hall–Kier alpha value is -1.66. The van der Waals surface area contributed by atoms with Gasteiger partial charge in [0.2, 0.25) is 0 Å². The summed E-state index contributed by atoms with van der Waals surface area (Å²) >= 11 is 8.08. The van der Waals surface area contributed by atoms with Crippen LogP contribution in [0.25, 0.3) is 0 Å². The molecule has 0 bridgehead atoms. The molecule has 0 saturated carbocycles. The second-order valence-corrected chi connectivity index (χ2v) is 6.84. The van der Waals surface area contributed by atoms with Gasteiger partial charge in [0.1, 0.15) is 12.0 Å². The molecule has 0 unspecified atom stereocenters. The molecule has 0 spiro atoms. The van der Waals surface area contributed by atoms with Crippen molar-refractivity contribution < 1.29 is 0 Å². The largest absolute Gasteiger partial charge is 0.383 e. The number of hydrogen-bond donors (Lipinski definition) is 2. The third kappa shape index (κ3) is 4.00. The molecule has 0 aliphatic carbocycles. The SMILES string of the molecule is CNc1c(Cl)ncnc1NCc1ccc(N2CCSCC2)cc1. The van der Waals surface area contributed by atoms with Crippen LogP contribution >= 0.6 is 23.4 Å². The number of aromatic nitrogens is 2. The zero-order valence-corrected chi connectivity index (χ0v) is 14.6. The lowest BCUT2D eigenvalue weighted by Gasteiger charge is -2.28. The van der Waals surface area contributed by atoms with Crippen molar-refractivity contribution in [3.05, 3.63) is 41.3 Å². The van der Waals surface area contributed by atoms with E-state index >= 15 is 0 Å². The molecule has 1 aliphatic rings. The fourth-order valence-corrected chi connectivity index (χ4v) is 3.68. The van der Waals surface area contributed by atoms with Crippen LogP contribution in [0.5, 0.6) is 0 Å². The summed E-state index contributed by atoms with van der Waals surface area (Å²) in [6.45, 7) is 2.96. The molecule has 122 valence electrons. The van der Waals surface area contributed by atoms with E-state index in [0.717, 1.165) is 18.8 Å². The summed E-state index contributed by atoms with van der Waals surface area (Å²) in [7, 11) is 1.81. The van der Waals surface area contributed by atoms with Gasteiger partial charge in [0, 0.05) is 43.9 Å². The highest BCUT2D eigenvalue weighted by Crippen LogP contribution is 2.26. The average molecular weight is 350 g/mol. The first-order valence-electron chi connectivity index (χ1n) is 7.61. The molecule has 7 heteroatoms. The van der Waals surface area contributed by atoms with Crippen molar-refractivity contribution in [2.45, 2.75) is 6.54 Å². The summed E-state index contributed by atoms with van der Waals surface area (Å²) in [5.74, 6) is 3.14. The van der Waals surface area contributed by atoms with E-state index < -0.39 is 0 Å². The van der Waals surface area contributed by atoms with Crippen LogP contribution in [0, 0.1) is 0 Å². The van der Waals surface area contributed by atoms with Crippen molar-refractivity contribution in [3.8, 4) is 0 Å². The first-order chi connectivity index (χ1) is 11.3. The molecule has 0 amide bonds.